The first-order valence-corrected chi connectivity index (χ1v) is 11.0. The van der Waals surface area contributed by atoms with E-state index in [1.54, 1.807) is 0 Å². The van der Waals surface area contributed by atoms with E-state index in [0.29, 0.717) is 12.0 Å². The van der Waals surface area contributed by atoms with Crippen molar-refractivity contribution < 1.29 is 13.8 Å². The fourth-order valence-corrected chi connectivity index (χ4v) is 7.55. The molecule has 6 heteroatoms. The van der Waals surface area contributed by atoms with Gasteiger partial charge in [-0.25, -0.2) is 4.67 Å². The minimum atomic E-state index is -0.981. The molecule has 3 aliphatic heterocycles. The van der Waals surface area contributed by atoms with Gasteiger partial charge in [0.2, 0.25) is 0 Å². The van der Waals surface area contributed by atoms with Crippen LogP contribution in [0.15, 0.2) is 0 Å². The Bertz CT molecular complexity index is 464. The Morgan fingerprint density at radius 1 is 1.25 bits per heavy atom. The Morgan fingerprint density at radius 3 is 2.71 bits per heavy atom. The van der Waals surface area contributed by atoms with Crippen molar-refractivity contribution in [1.29, 1.82) is 0 Å². The van der Waals surface area contributed by atoms with Gasteiger partial charge in [0.25, 0.3) is 8.53 Å². The lowest BCUT2D eigenvalue weighted by molar-refractivity contribution is 0.00772. The van der Waals surface area contributed by atoms with Crippen LogP contribution in [0, 0.1) is 11.8 Å². The van der Waals surface area contributed by atoms with Crippen molar-refractivity contribution in [2.45, 2.75) is 95.6 Å². The molecule has 2 unspecified atom stereocenters. The SMILES string of the molecule is [B]C1O[C@H](CC)[C@H](O[P@@]2O[C@](C)(C3CCCC3)[C@@H]3CCCN32)C1C. The lowest BCUT2D eigenvalue weighted by Gasteiger charge is -2.34. The van der Waals surface area contributed by atoms with Crippen molar-refractivity contribution in [3.63, 3.8) is 0 Å². The molecule has 0 amide bonds. The topological polar surface area (TPSA) is 30.9 Å². The second kappa shape index (κ2) is 6.81. The summed E-state index contributed by atoms with van der Waals surface area (Å²) in [6, 6.07) is 0.325. The predicted molar refractivity (Wildman–Crippen MR) is 96.8 cm³/mol. The molecule has 7 atom stereocenters. The van der Waals surface area contributed by atoms with Gasteiger partial charge >= 0.3 is 0 Å². The second-order valence-corrected chi connectivity index (χ2v) is 9.67. The zero-order chi connectivity index (χ0) is 16.9. The standard InChI is InChI=1S/C18H31BNO3P/c1-4-14-16(12(2)17(19)21-14)22-24-20-11-7-10-15(20)18(3,23-24)13-8-5-6-9-13/h12-17H,4-11H2,1-3H3/t12?,14-,15+,16-,17?,18-,24+/m1/s1. The monoisotopic (exact) mass is 351 g/mol. The summed E-state index contributed by atoms with van der Waals surface area (Å²) in [6.07, 6.45) is 8.96. The molecule has 1 aliphatic carbocycles. The Kier molecular flexibility index (Phi) is 5.03. The highest BCUT2D eigenvalue weighted by atomic mass is 31.2. The number of rotatable bonds is 4. The first-order chi connectivity index (χ1) is 11.5. The number of hydrogen-bond acceptors (Lipinski definition) is 4. The average molecular weight is 351 g/mol. The summed E-state index contributed by atoms with van der Waals surface area (Å²) >= 11 is 0. The average Bonchev–Trinajstić information content (AvgIpc) is 3.32. The highest BCUT2D eigenvalue weighted by Gasteiger charge is 2.58. The summed E-state index contributed by atoms with van der Waals surface area (Å²) in [5.74, 6) is 0.918. The van der Waals surface area contributed by atoms with Gasteiger partial charge < -0.3 is 13.8 Å². The van der Waals surface area contributed by atoms with E-state index in [-0.39, 0.29) is 29.7 Å². The minimum absolute atomic E-state index is 0.0226. The highest BCUT2D eigenvalue weighted by Crippen LogP contribution is 2.64. The summed E-state index contributed by atoms with van der Waals surface area (Å²) < 4.78 is 21.7. The van der Waals surface area contributed by atoms with E-state index < -0.39 is 8.53 Å². The van der Waals surface area contributed by atoms with E-state index in [4.69, 9.17) is 21.6 Å². The van der Waals surface area contributed by atoms with Gasteiger partial charge in [0.05, 0.1) is 17.8 Å². The van der Waals surface area contributed by atoms with Gasteiger partial charge in [-0.05, 0) is 44.9 Å². The van der Waals surface area contributed by atoms with Gasteiger partial charge in [0, 0.05) is 24.5 Å². The normalized spacial score (nSPS) is 50.0. The van der Waals surface area contributed by atoms with Gasteiger partial charge in [-0.2, -0.15) is 0 Å². The molecule has 134 valence electrons. The second-order valence-electron chi connectivity index (χ2n) is 8.29. The summed E-state index contributed by atoms with van der Waals surface area (Å²) in [6.45, 7) is 7.77. The summed E-state index contributed by atoms with van der Waals surface area (Å²) in [5.41, 5.74) is -0.0226. The first-order valence-electron chi connectivity index (χ1n) is 9.88. The van der Waals surface area contributed by atoms with Gasteiger partial charge in [-0.1, -0.05) is 26.7 Å². The molecule has 1 saturated carbocycles. The first kappa shape index (κ1) is 17.7. The largest absolute Gasteiger partial charge is 0.382 e. The molecule has 4 nitrogen and oxygen atoms in total. The molecule has 0 spiro atoms. The molecular formula is C18H31BNO3P. The Balaban J connectivity index is 1.51. The number of hydrogen-bond donors (Lipinski definition) is 0. The van der Waals surface area contributed by atoms with E-state index in [1.165, 1.54) is 38.5 Å². The van der Waals surface area contributed by atoms with E-state index in [2.05, 4.69) is 25.4 Å². The number of fused-ring (bicyclic) bond motifs is 1. The molecule has 3 heterocycles. The Labute approximate surface area is 149 Å². The maximum absolute atomic E-state index is 6.71. The maximum Gasteiger partial charge on any atom is 0.260 e. The van der Waals surface area contributed by atoms with Crippen molar-refractivity contribution in [1.82, 2.24) is 4.67 Å². The maximum atomic E-state index is 6.71. The van der Waals surface area contributed by atoms with E-state index in [9.17, 15) is 0 Å². The smallest absolute Gasteiger partial charge is 0.260 e. The Morgan fingerprint density at radius 2 is 2.00 bits per heavy atom. The van der Waals surface area contributed by atoms with Crippen LogP contribution in [0.4, 0.5) is 0 Å². The van der Waals surface area contributed by atoms with Gasteiger partial charge in [0.1, 0.15) is 7.85 Å². The van der Waals surface area contributed by atoms with Crippen molar-refractivity contribution in [3.05, 3.63) is 0 Å². The molecule has 0 aromatic rings. The van der Waals surface area contributed by atoms with Crippen LogP contribution in [0.1, 0.15) is 65.7 Å². The quantitative estimate of drug-likeness (QED) is 0.566. The molecule has 0 bridgehead atoms. The van der Waals surface area contributed by atoms with Crippen molar-refractivity contribution in [2.75, 3.05) is 6.54 Å². The third-order valence-electron chi connectivity index (χ3n) is 6.89. The van der Waals surface area contributed by atoms with Gasteiger partial charge in [-0.15, -0.1) is 0 Å². The predicted octanol–water partition coefficient (Wildman–Crippen LogP) is 3.98. The molecule has 4 rings (SSSR count). The highest BCUT2D eigenvalue weighted by molar-refractivity contribution is 7.45. The molecule has 0 aromatic carbocycles. The van der Waals surface area contributed by atoms with Crippen molar-refractivity contribution in [2.24, 2.45) is 11.8 Å². The summed E-state index contributed by atoms with van der Waals surface area (Å²) in [4.78, 5) is 0. The zero-order valence-electron chi connectivity index (χ0n) is 15.3. The molecular weight excluding hydrogens is 320 g/mol. The van der Waals surface area contributed by atoms with E-state index >= 15 is 0 Å². The van der Waals surface area contributed by atoms with E-state index in [0.717, 1.165) is 13.0 Å². The van der Waals surface area contributed by atoms with Crippen LogP contribution >= 0.6 is 8.53 Å². The lowest BCUT2D eigenvalue weighted by atomic mass is 9.81. The summed E-state index contributed by atoms with van der Waals surface area (Å²) in [7, 11) is 5.14. The van der Waals surface area contributed by atoms with Crippen LogP contribution in [0.5, 0.6) is 0 Å². The van der Waals surface area contributed by atoms with Crippen molar-refractivity contribution in [3.8, 4) is 0 Å². The number of ether oxygens (including phenoxy) is 1. The zero-order valence-corrected chi connectivity index (χ0v) is 16.2. The lowest BCUT2D eigenvalue weighted by Crippen LogP contribution is -2.44. The molecule has 2 radical (unpaired) electrons. The van der Waals surface area contributed by atoms with Gasteiger partial charge in [0.15, 0.2) is 0 Å². The van der Waals surface area contributed by atoms with Crippen LogP contribution in [-0.4, -0.2) is 48.9 Å². The third-order valence-corrected chi connectivity index (χ3v) is 8.76. The number of nitrogens with zero attached hydrogens (tertiary/aromatic N) is 1. The van der Waals surface area contributed by atoms with Crippen LogP contribution in [0.2, 0.25) is 0 Å². The van der Waals surface area contributed by atoms with Crippen LogP contribution in [0.3, 0.4) is 0 Å². The molecule has 0 N–H and O–H groups in total. The molecule has 24 heavy (non-hydrogen) atoms. The van der Waals surface area contributed by atoms with E-state index in [1.807, 2.05) is 0 Å². The minimum Gasteiger partial charge on any atom is -0.382 e. The molecule has 4 aliphatic rings. The third kappa shape index (κ3) is 2.79. The molecule has 3 saturated heterocycles. The summed E-state index contributed by atoms with van der Waals surface area (Å²) in [5, 5.41) is 0. The Hall–Kier alpha value is 0.335. The fourth-order valence-electron chi connectivity index (χ4n) is 5.26. The fraction of sp³-hybridized carbons (Fsp3) is 1.00. The molecule has 0 aromatic heterocycles. The van der Waals surface area contributed by atoms with Crippen molar-refractivity contribution >= 4 is 16.4 Å². The molecule has 4 fully saturated rings. The van der Waals surface area contributed by atoms with Crippen LogP contribution in [-0.2, 0) is 13.8 Å². The van der Waals surface area contributed by atoms with Crippen LogP contribution in [0.25, 0.3) is 0 Å². The van der Waals surface area contributed by atoms with Crippen LogP contribution < -0.4 is 0 Å². The van der Waals surface area contributed by atoms with Gasteiger partial charge in [-0.3, -0.25) is 0 Å².